The molecule has 2 rings (SSSR count). The van der Waals surface area contributed by atoms with E-state index in [-0.39, 0.29) is 0 Å². The summed E-state index contributed by atoms with van der Waals surface area (Å²) in [5, 5.41) is 2.17. The summed E-state index contributed by atoms with van der Waals surface area (Å²) in [6, 6.07) is 9.44. The molecule has 66 valence electrons. The molecule has 0 aliphatic carbocycles. The van der Waals surface area contributed by atoms with Crippen LogP contribution >= 0.6 is 0 Å². The smallest absolute Gasteiger partial charge is 0.216 e. The van der Waals surface area contributed by atoms with Crippen LogP contribution in [0.5, 0.6) is 0 Å². The maximum absolute atomic E-state index is 10.4. The zero-order chi connectivity index (χ0) is 9.26. The Bertz CT molecular complexity index is 525. The molecule has 2 aromatic rings. The van der Waals surface area contributed by atoms with Gasteiger partial charge in [-0.2, -0.15) is 8.42 Å². The minimum Gasteiger partial charge on any atom is -0.354 e. The monoisotopic (exact) mass is 193 g/mol. The number of hydrogen-bond acceptors (Lipinski definition) is 2. The Morgan fingerprint density at radius 2 is 2.00 bits per heavy atom. The van der Waals surface area contributed by atoms with Crippen LogP contribution in [0.25, 0.3) is 10.9 Å². The molecule has 0 amide bonds. The van der Waals surface area contributed by atoms with E-state index in [1.54, 1.807) is 6.07 Å². The number of hydrogen-bond donors (Lipinski definition) is 1. The summed E-state index contributed by atoms with van der Waals surface area (Å²) in [6.45, 7) is 0. The van der Waals surface area contributed by atoms with Gasteiger partial charge in [-0.15, -0.1) is 0 Å². The van der Waals surface area contributed by atoms with Crippen LogP contribution in [0.1, 0.15) is 5.69 Å². The fourth-order valence-electron chi connectivity index (χ4n) is 1.26. The van der Waals surface area contributed by atoms with Gasteiger partial charge in [-0.05, 0) is 12.1 Å². The molecule has 0 radical (unpaired) electrons. The lowest BCUT2D eigenvalue weighted by Gasteiger charge is -1.83. The quantitative estimate of drug-likeness (QED) is 0.692. The van der Waals surface area contributed by atoms with Crippen molar-refractivity contribution in [3.05, 3.63) is 36.0 Å². The lowest BCUT2D eigenvalue weighted by Crippen LogP contribution is -1.79. The van der Waals surface area contributed by atoms with Crippen LogP contribution < -0.4 is 0 Å². The first kappa shape index (κ1) is 8.07. The first-order valence-corrected chi connectivity index (χ1v) is 4.90. The maximum atomic E-state index is 10.4. The predicted molar refractivity (Wildman–Crippen MR) is 52.4 cm³/mol. The van der Waals surface area contributed by atoms with Crippen LogP contribution in [-0.4, -0.2) is 18.8 Å². The van der Waals surface area contributed by atoms with Crippen molar-refractivity contribution in [1.82, 2.24) is 4.98 Å². The summed E-state index contributed by atoms with van der Waals surface area (Å²) in [7, 11) is -2.15. The molecule has 0 saturated heterocycles. The molecule has 0 fully saturated rings. The summed E-state index contributed by atoms with van der Waals surface area (Å²) >= 11 is 0. The predicted octanol–water partition coefficient (Wildman–Crippen LogP) is 1.20. The third-order valence-electron chi connectivity index (χ3n) is 1.77. The van der Waals surface area contributed by atoms with Crippen LogP contribution in [0.4, 0.5) is 0 Å². The Balaban J connectivity index is 2.69. The van der Waals surface area contributed by atoms with Crippen molar-refractivity contribution in [2.45, 2.75) is 0 Å². The summed E-state index contributed by atoms with van der Waals surface area (Å²) in [5.41, 5.74) is 1.55. The summed E-state index contributed by atoms with van der Waals surface area (Å²) in [5.74, 6) is 0. The Morgan fingerprint density at radius 3 is 2.69 bits per heavy atom. The molecule has 1 aromatic heterocycles. The van der Waals surface area contributed by atoms with E-state index in [4.69, 9.17) is 0 Å². The number of aromatic amines is 1. The number of fused-ring (bicyclic) bond motifs is 1. The number of para-hydroxylation sites is 1. The first-order valence-electron chi connectivity index (χ1n) is 3.76. The van der Waals surface area contributed by atoms with E-state index in [1.165, 1.54) is 0 Å². The topological polar surface area (TPSA) is 49.9 Å². The number of rotatable bonds is 1. The van der Waals surface area contributed by atoms with Crippen LogP contribution in [-0.2, 0) is 10.3 Å². The highest BCUT2D eigenvalue weighted by atomic mass is 32.2. The van der Waals surface area contributed by atoms with Crippen molar-refractivity contribution < 1.29 is 8.42 Å². The third-order valence-corrected chi connectivity index (χ3v) is 2.22. The molecular formula is C9H7NO2S. The molecule has 4 heteroatoms. The largest absolute Gasteiger partial charge is 0.354 e. The molecule has 1 aromatic carbocycles. The van der Waals surface area contributed by atoms with Crippen LogP contribution in [0.2, 0.25) is 0 Å². The van der Waals surface area contributed by atoms with Gasteiger partial charge in [-0.3, -0.25) is 0 Å². The zero-order valence-corrected chi connectivity index (χ0v) is 7.51. The second-order valence-electron chi connectivity index (χ2n) is 2.69. The van der Waals surface area contributed by atoms with Crippen molar-refractivity contribution in [1.29, 1.82) is 0 Å². The van der Waals surface area contributed by atoms with Crippen molar-refractivity contribution in [2.24, 2.45) is 0 Å². The van der Waals surface area contributed by atoms with Gasteiger partial charge in [0.15, 0.2) is 0 Å². The van der Waals surface area contributed by atoms with E-state index in [9.17, 15) is 8.42 Å². The number of benzene rings is 1. The van der Waals surface area contributed by atoms with E-state index in [2.05, 4.69) is 4.98 Å². The summed E-state index contributed by atoms with van der Waals surface area (Å²) < 4.78 is 20.7. The number of aromatic nitrogens is 1. The first-order chi connectivity index (χ1) is 6.25. The normalized spacial score (nSPS) is 10.2. The van der Waals surface area contributed by atoms with E-state index >= 15 is 0 Å². The molecule has 13 heavy (non-hydrogen) atoms. The molecule has 1 heterocycles. The van der Waals surface area contributed by atoms with Crippen molar-refractivity contribution in [3.63, 3.8) is 0 Å². The van der Waals surface area contributed by atoms with Crippen LogP contribution in [0.15, 0.2) is 30.3 Å². The lowest BCUT2D eigenvalue weighted by molar-refractivity contribution is 0.627. The van der Waals surface area contributed by atoms with Crippen molar-refractivity contribution >= 4 is 26.6 Å². The molecule has 0 atom stereocenters. The average Bonchev–Trinajstić information content (AvgIpc) is 2.44. The molecular weight excluding hydrogens is 186 g/mol. The molecule has 0 spiro atoms. The maximum Gasteiger partial charge on any atom is 0.216 e. The minimum atomic E-state index is -2.15. The van der Waals surface area contributed by atoms with Crippen LogP contribution in [0, 0.1) is 0 Å². The highest BCUT2D eigenvalue weighted by molar-refractivity contribution is 7.71. The molecule has 0 aliphatic heterocycles. The second kappa shape index (κ2) is 3.06. The highest BCUT2D eigenvalue weighted by Crippen LogP contribution is 2.12. The minimum absolute atomic E-state index is 0.606. The summed E-state index contributed by atoms with van der Waals surface area (Å²) in [6.07, 6.45) is 0. The Labute approximate surface area is 76.5 Å². The van der Waals surface area contributed by atoms with E-state index in [1.807, 2.05) is 24.3 Å². The Morgan fingerprint density at radius 1 is 1.23 bits per heavy atom. The lowest BCUT2D eigenvalue weighted by atomic mass is 10.2. The number of nitrogens with one attached hydrogen (secondary N) is 1. The Hall–Kier alpha value is -1.55. The van der Waals surface area contributed by atoms with Gasteiger partial charge < -0.3 is 4.98 Å². The van der Waals surface area contributed by atoms with Gasteiger partial charge in [0.05, 0.1) is 11.1 Å². The molecule has 0 aliphatic rings. The van der Waals surface area contributed by atoms with Gasteiger partial charge in [-0.25, -0.2) is 0 Å². The second-order valence-corrected chi connectivity index (χ2v) is 3.45. The fourth-order valence-corrected chi connectivity index (χ4v) is 1.60. The SMILES string of the molecule is O=S(=O)=Cc1cc2ccccc2[nH]1. The molecule has 0 saturated carbocycles. The molecule has 0 unspecified atom stereocenters. The van der Waals surface area contributed by atoms with E-state index in [0.717, 1.165) is 16.3 Å². The standard InChI is InChI=1S/C9H7NO2S/c11-13(12)6-8-5-7-3-1-2-4-9(7)10-8/h1-6,10H. The number of H-pyrrole nitrogens is 1. The van der Waals surface area contributed by atoms with Gasteiger partial charge in [0, 0.05) is 10.9 Å². The van der Waals surface area contributed by atoms with Crippen LogP contribution in [0.3, 0.4) is 0 Å². The fraction of sp³-hybridized carbons (Fsp3) is 0. The van der Waals surface area contributed by atoms with E-state index in [0.29, 0.717) is 5.69 Å². The zero-order valence-electron chi connectivity index (χ0n) is 6.69. The van der Waals surface area contributed by atoms with E-state index < -0.39 is 10.3 Å². The van der Waals surface area contributed by atoms with Gasteiger partial charge in [-0.1, -0.05) is 18.2 Å². The Kier molecular flexibility index (Phi) is 1.90. The van der Waals surface area contributed by atoms with Crippen molar-refractivity contribution in [3.8, 4) is 0 Å². The molecule has 0 bridgehead atoms. The summed E-state index contributed by atoms with van der Waals surface area (Å²) in [4.78, 5) is 2.98. The molecule has 3 nitrogen and oxygen atoms in total. The highest BCUT2D eigenvalue weighted by Gasteiger charge is 1.96. The van der Waals surface area contributed by atoms with Gasteiger partial charge in [0.1, 0.15) is 0 Å². The third kappa shape index (κ3) is 1.62. The van der Waals surface area contributed by atoms with Gasteiger partial charge in [0.2, 0.25) is 10.3 Å². The van der Waals surface area contributed by atoms with Gasteiger partial charge >= 0.3 is 0 Å². The van der Waals surface area contributed by atoms with Gasteiger partial charge in [0.25, 0.3) is 0 Å². The average molecular weight is 193 g/mol. The van der Waals surface area contributed by atoms with Crippen molar-refractivity contribution in [2.75, 3.05) is 0 Å². The molecule has 1 N–H and O–H groups in total.